The van der Waals surface area contributed by atoms with Crippen molar-refractivity contribution in [3.63, 3.8) is 0 Å². The normalized spacial score (nSPS) is 16.0. The molecule has 0 fully saturated rings. The number of hydrogen-bond acceptors (Lipinski definition) is 6. The lowest BCUT2D eigenvalue weighted by Crippen LogP contribution is -2.47. The van der Waals surface area contributed by atoms with Crippen molar-refractivity contribution >= 4 is 11.6 Å². The Labute approximate surface area is 203 Å². The van der Waals surface area contributed by atoms with Gasteiger partial charge in [0.1, 0.15) is 5.75 Å². The van der Waals surface area contributed by atoms with Crippen LogP contribution < -0.4 is 14.8 Å². The SMILES string of the molecule is CCOc1ccc(C2NC(=O)N(CC(C)C)C(C)=C2c2nc(-c3ccc(OC)c(F)c3)no2)cc1. The smallest absolute Gasteiger partial charge is 0.322 e. The molecule has 2 aromatic carbocycles. The van der Waals surface area contributed by atoms with Gasteiger partial charge in [-0.05, 0) is 55.7 Å². The average Bonchev–Trinajstić information content (AvgIpc) is 3.31. The molecular weight excluding hydrogens is 451 g/mol. The lowest BCUT2D eigenvalue weighted by atomic mass is 9.94. The van der Waals surface area contributed by atoms with Crippen LogP contribution in [0.25, 0.3) is 17.0 Å². The summed E-state index contributed by atoms with van der Waals surface area (Å²) < 4.78 is 30.5. The van der Waals surface area contributed by atoms with Gasteiger partial charge in [0.2, 0.25) is 5.82 Å². The average molecular weight is 481 g/mol. The first-order valence-electron chi connectivity index (χ1n) is 11.5. The minimum absolute atomic E-state index is 0.130. The van der Waals surface area contributed by atoms with E-state index in [9.17, 15) is 9.18 Å². The fourth-order valence-corrected chi connectivity index (χ4v) is 4.07. The molecule has 0 bridgehead atoms. The molecule has 0 radical (unpaired) electrons. The second kappa shape index (κ2) is 10.2. The highest BCUT2D eigenvalue weighted by atomic mass is 19.1. The summed E-state index contributed by atoms with van der Waals surface area (Å²) in [5.74, 6) is 1.09. The van der Waals surface area contributed by atoms with Crippen molar-refractivity contribution in [2.45, 2.75) is 33.7 Å². The molecule has 1 aromatic heterocycles. The fraction of sp³-hybridized carbons (Fsp3) is 0.346. The number of carbonyl (C=O) groups is 1. The van der Waals surface area contributed by atoms with Gasteiger partial charge in [0.25, 0.3) is 5.89 Å². The molecule has 1 aliphatic heterocycles. The zero-order chi connectivity index (χ0) is 25.1. The predicted molar refractivity (Wildman–Crippen MR) is 129 cm³/mol. The number of halogens is 1. The van der Waals surface area contributed by atoms with E-state index in [1.165, 1.54) is 19.2 Å². The quantitative estimate of drug-likeness (QED) is 0.462. The van der Waals surface area contributed by atoms with Crippen molar-refractivity contribution in [3.8, 4) is 22.9 Å². The number of benzene rings is 2. The third kappa shape index (κ3) is 4.99. The molecule has 3 aromatic rings. The number of urea groups is 1. The van der Waals surface area contributed by atoms with Gasteiger partial charge in [-0.15, -0.1) is 0 Å². The summed E-state index contributed by atoms with van der Waals surface area (Å²) in [6, 6.07) is 11.3. The Hall–Kier alpha value is -3.88. The summed E-state index contributed by atoms with van der Waals surface area (Å²) in [5, 5.41) is 7.16. The van der Waals surface area contributed by atoms with Crippen LogP contribution in [0.3, 0.4) is 0 Å². The van der Waals surface area contributed by atoms with Crippen LogP contribution in [0.1, 0.15) is 45.2 Å². The number of allylic oxidation sites excluding steroid dienone is 1. The van der Waals surface area contributed by atoms with Crippen molar-refractivity contribution in [1.82, 2.24) is 20.4 Å². The second-order valence-electron chi connectivity index (χ2n) is 8.66. The maximum atomic E-state index is 14.3. The Bertz CT molecular complexity index is 1240. The summed E-state index contributed by atoms with van der Waals surface area (Å²) in [6.07, 6.45) is 0. The van der Waals surface area contributed by atoms with Crippen LogP contribution in [0.2, 0.25) is 0 Å². The molecule has 0 aliphatic carbocycles. The fourth-order valence-electron chi connectivity index (χ4n) is 4.07. The van der Waals surface area contributed by atoms with E-state index in [4.69, 9.17) is 14.0 Å². The van der Waals surface area contributed by atoms with E-state index in [0.717, 1.165) is 17.0 Å². The van der Waals surface area contributed by atoms with Gasteiger partial charge in [-0.3, -0.25) is 4.90 Å². The molecule has 0 saturated heterocycles. The molecule has 35 heavy (non-hydrogen) atoms. The molecule has 2 heterocycles. The van der Waals surface area contributed by atoms with Crippen LogP contribution in [0.5, 0.6) is 11.5 Å². The Morgan fingerprint density at radius 3 is 2.57 bits per heavy atom. The number of nitrogens with zero attached hydrogens (tertiary/aromatic N) is 3. The van der Waals surface area contributed by atoms with Crippen LogP contribution >= 0.6 is 0 Å². The first-order chi connectivity index (χ1) is 16.8. The van der Waals surface area contributed by atoms with E-state index < -0.39 is 11.9 Å². The Balaban J connectivity index is 1.77. The Morgan fingerprint density at radius 2 is 1.94 bits per heavy atom. The third-order valence-corrected chi connectivity index (χ3v) is 5.73. The molecule has 1 unspecified atom stereocenters. The van der Waals surface area contributed by atoms with Gasteiger partial charge < -0.3 is 19.3 Å². The maximum absolute atomic E-state index is 14.3. The molecule has 0 saturated carbocycles. The van der Waals surface area contributed by atoms with Crippen molar-refractivity contribution in [2.75, 3.05) is 20.3 Å². The minimum Gasteiger partial charge on any atom is -0.494 e. The minimum atomic E-state index is -0.521. The topological polar surface area (TPSA) is 89.7 Å². The number of methoxy groups -OCH3 is 1. The number of aromatic nitrogens is 2. The zero-order valence-corrected chi connectivity index (χ0v) is 20.5. The Morgan fingerprint density at radius 1 is 1.20 bits per heavy atom. The summed E-state index contributed by atoms with van der Waals surface area (Å²) in [4.78, 5) is 19.3. The van der Waals surface area contributed by atoms with Crippen LogP contribution in [0.4, 0.5) is 9.18 Å². The van der Waals surface area contributed by atoms with Gasteiger partial charge in [-0.2, -0.15) is 4.98 Å². The van der Waals surface area contributed by atoms with Gasteiger partial charge >= 0.3 is 6.03 Å². The third-order valence-electron chi connectivity index (χ3n) is 5.73. The van der Waals surface area contributed by atoms with Gasteiger partial charge in [0.05, 0.1) is 25.3 Å². The lowest BCUT2D eigenvalue weighted by molar-refractivity contribution is 0.199. The Kier molecular flexibility index (Phi) is 7.04. The number of nitrogens with one attached hydrogen (secondary N) is 1. The maximum Gasteiger partial charge on any atom is 0.322 e. The first kappa shape index (κ1) is 24.3. The van der Waals surface area contributed by atoms with Crippen LogP contribution in [-0.4, -0.2) is 41.3 Å². The number of ether oxygens (including phenoxy) is 2. The molecule has 0 spiro atoms. The molecule has 9 heteroatoms. The molecule has 2 amide bonds. The highest BCUT2D eigenvalue weighted by Crippen LogP contribution is 2.38. The first-order valence-corrected chi connectivity index (χ1v) is 11.5. The van der Waals surface area contributed by atoms with Gasteiger partial charge in [0, 0.05) is 17.8 Å². The van der Waals surface area contributed by atoms with E-state index in [1.54, 1.807) is 11.0 Å². The molecule has 1 atom stereocenters. The summed E-state index contributed by atoms with van der Waals surface area (Å²) >= 11 is 0. The van der Waals surface area contributed by atoms with E-state index in [-0.39, 0.29) is 29.4 Å². The summed E-state index contributed by atoms with van der Waals surface area (Å²) in [5.41, 5.74) is 2.70. The van der Waals surface area contributed by atoms with Crippen molar-refractivity contribution in [2.24, 2.45) is 5.92 Å². The van der Waals surface area contributed by atoms with Crippen molar-refractivity contribution in [3.05, 3.63) is 65.4 Å². The van der Waals surface area contributed by atoms with E-state index in [2.05, 4.69) is 15.5 Å². The molecule has 8 nitrogen and oxygen atoms in total. The van der Waals surface area contributed by atoms with Gasteiger partial charge in [0.15, 0.2) is 11.6 Å². The zero-order valence-electron chi connectivity index (χ0n) is 20.5. The highest BCUT2D eigenvalue weighted by molar-refractivity contribution is 5.87. The molecule has 1 N–H and O–H groups in total. The van der Waals surface area contributed by atoms with E-state index in [1.807, 2.05) is 52.0 Å². The number of rotatable bonds is 8. The second-order valence-corrected chi connectivity index (χ2v) is 8.66. The molecule has 184 valence electrons. The highest BCUT2D eigenvalue weighted by Gasteiger charge is 2.36. The van der Waals surface area contributed by atoms with Crippen LogP contribution in [0.15, 0.2) is 52.7 Å². The van der Waals surface area contributed by atoms with Gasteiger partial charge in [-0.25, -0.2) is 9.18 Å². The molecule has 1 aliphatic rings. The largest absolute Gasteiger partial charge is 0.494 e. The molecule has 4 rings (SSSR count). The number of amides is 2. The summed E-state index contributed by atoms with van der Waals surface area (Å²) in [7, 11) is 1.40. The van der Waals surface area contributed by atoms with Crippen LogP contribution in [-0.2, 0) is 0 Å². The van der Waals surface area contributed by atoms with Crippen molar-refractivity contribution < 1.29 is 23.2 Å². The number of carbonyl (C=O) groups excluding carboxylic acids is 1. The van der Waals surface area contributed by atoms with E-state index in [0.29, 0.717) is 24.3 Å². The van der Waals surface area contributed by atoms with Crippen LogP contribution in [0, 0.1) is 11.7 Å². The van der Waals surface area contributed by atoms with Gasteiger partial charge in [-0.1, -0.05) is 31.1 Å². The lowest BCUT2D eigenvalue weighted by Gasteiger charge is -2.36. The predicted octanol–water partition coefficient (Wildman–Crippen LogP) is 5.44. The monoisotopic (exact) mass is 480 g/mol. The standard InChI is InChI=1S/C26H29FN4O4/c1-6-34-19-10-7-17(8-11-19)23-22(16(4)31(14-15(2)3)26(32)28-23)25-29-24(30-35-25)18-9-12-21(33-5)20(27)13-18/h7-13,15,23H,6,14H2,1-5H3,(H,28,32). The molecular formula is C26H29FN4O4. The van der Waals surface area contributed by atoms with Crippen molar-refractivity contribution in [1.29, 1.82) is 0 Å². The number of hydrogen-bond donors (Lipinski definition) is 1. The summed E-state index contributed by atoms with van der Waals surface area (Å²) in [6.45, 7) is 8.97. The van der Waals surface area contributed by atoms with E-state index >= 15 is 0 Å².